The number of ether oxygens (including phenoxy) is 1. The highest BCUT2D eigenvalue weighted by Gasteiger charge is 2.30. The maximum absolute atomic E-state index is 5.71. The van der Waals surface area contributed by atoms with E-state index >= 15 is 0 Å². The van der Waals surface area contributed by atoms with Gasteiger partial charge in [-0.3, -0.25) is 0 Å². The second-order valence-corrected chi connectivity index (χ2v) is 4.49. The molecule has 0 aliphatic carbocycles. The SMILES string of the molecule is Cc1ccsc1C1OCCC1CN. The zero-order valence-corrected chi connectivity index (χ0v) is 8.64. The van der Waals surface area contributed by atoms with Crippen molar-refractivity contribution in [3.8, 4) is 0 Å². The number of hydrogen-bond acceptors (Lipinski definition) is 3. The minimum absolute atomic E-state index is 0.269. The van der Waals surface area contributed by atoms with Crippen LogP contribution in [-0.4, -0.2) is 13.2 Å². The summed E-state index contributed by atoms with van der Waals surface area (Å²) in [5, 5.41) is 2.12. The summed E-state index contributed by atoms with van der Waals surface area (Å²) in [6, 6.07) is 2.15. The van der Waals surface area contributed by atoms with Gasteiger partial charge in [0.15, 0.2) is 0 Å². The van der Waals surface area contributed by atoms with Gasteiger partial charge in [0.05, 0.1) is 6.10 Å². The molecule has 0 aromatic carbocycles. The van der Waals surface area contributed by atoms with Crippen LogP contribution >= 0.6 is 11.3 Å². The molecular formula is C10H15NOS. The summed E-state index contributed by atoms with van der Waals surface area (Å²) < 4.78 is 5.71. The highest BCUT2D eigenvalue weighted by atomic mass is 32.1. The maximum atomic E-state index is 5.71. The van der Waals surface area contributed by atoms with E-state index < -0.39 is 0 Å². The normalized spacial score (nSPS) is 28.2. The van der Waals surface area contributed by atoms with Gasteiger partial charge >= 0.3 is 0 Å². The Morgan fingerprint density at radius 3 is 3.15 bits per heavy atom. The Balaban J connectivity index is 2.20. The number of hydrogen-bond donors (Lipinski definition) is 1. The Bertz CT molecular complexity index is 284. The number of nitrogens with two attached hydrogens (primary N) is 1. The van der Waals surface area contributed by atoms with Gasteiger partial charge in [0.1, 0.15) is 0 Å². The average Bonchev–Trinajstić information content (AvgIpc) is 2.71. The summed E-state index contributed by atoms with van der Waals surface area (Å²) >= 11 is 1.79. The molecule has 2 nitrogen and oxygen atoms in total. The summed E-state index contributed by atoms with van der Waals surface area (Å²) in [4.78, 5) is 1.37. The lowest BCUT2D eigenvalue weighted by Gasteiger charge is -2.16. The van der Waals surface area contributed by atoms with Crippen LogP contribution in [0.1, 0.15) is 23.0 Å². The first-order valence-corrected chi connectivity index (χ1v) is 5.56. The monoisotopic (exact) mass is 197 g/mol. The maximum Gasteiger partial charge on any atom is 0.0960 e. The lowest BCUT2D eigenvalue weighted by molar-refractivity contribution is 0.0949. The second-order valence-electron chi connectivity index (χ2n) is 3.54. The molecule has 0 radical (unpaired) electrons. The van der Waals surface area contributed by atoms with Crippen molar-refractivity contribution in [2.24, 2.45) is 11.7 Å². The first-order chi connectivity index (χ1) is 6.33. The second kappa shape index (κ2) is 3.78. The third-order valence-electron chi connectivity index (χ3n) is 2.68. The van der Waals surface area contributed by atoms with Gasteiger partial charge in [0, 0.05) is 17.4 Å². The molecule has 2 N–H and O–H groups in total. The smallest absolute Gasteiger partial charge is 0.0960 e. The molecule has 2 unspecified atom stereocenters. The fraction of sp³-hybridized carbons (Fsp3) is 0.600. The van der Waals surface area contributed by atoms with Gasteiger partial charge in [0.25, 0.3) is 0 Å². The molecule has 1 aliphatic rings. The van der Waals surface area contributed by atoms with Crippen LogP contribution in [0.5, 0.6) is 0 Å². The van der Waals surface area contributed by atoms with Crippen molar-refractivity contribution in [3.05, 3.63) is 21.9 Å². The van der Waals surface area contributed by atoms with Crippen molar-refractivity contribution in [1.29, 1.82) is 0 Å². The number of rotatable bonds is 2. The summed E-state index contributed by atoms with van der Waals surface area (Å²) in [6.45, 7) is 3.74. The van der Waals surface area contributed by atoms with Gasteiger partial charge in [-0.15, -0.1) is 11.3 Å². The van der Waals surface area contributed by atoms with Crippen molar-refractivity contribution in [1.82, 2.24) is 0 Å². The van der Waals surface area contributed by atoms with E-state index in [9.17, 15) is 0 Å². The van der Waals surface area contributed by atoms with E-state index in [2.05, 4.69) is 18.4 Å². The van der Waals surface area contributed by atoms with Crippen LogP contribution in [0, 0.1) is 12.8 Å². The number of aryl methyl sites for hydroxylation is 1. The highest BCUT2D eigenvalue weighted by molar-refractivity contribution is 7.10. The Hall–Kier alpha value is -0.380. The molecule has 2 rings (SSSR count). The first-order valence-electron chi connectivity index (χ1n) is 4.68. The van der Waals surface area contributed by atoms with E-state index in [1.165, 1.54) is 10.4 Å². The molecule has 13 heavy (non-hydrogen) atoms. The predicted molar refractivity (Wildman–Crippen MR) is 54.9 cm³/mol. The van der Waals surface area contributed by atoms with E-state index in [0.29, 0.717) is 5.92 Å². The van der Waals surface area contributed by atoms with Crippen LogP contribution in [0.2, 0.25) is 0 Å². The molecule has 0 saturated carbocycles. The van der Waals surface area contributed by atoms with Crippen LogP contribution < -0.4 is 5.73 Å². The fourth-order valence-corrected chi connectivity index (χ4v) is 2.91. The first kappa shape index (κ1) is 9.19. The summed E-state index contributed by atoms with van der Waals surface area (Å²) in [5.74, 6) is 0.525. The topological polar surface area (TPSA) is 35.2 Å². The van der Waals surface area contributed by atoms with Crippen molar-refractivity contribution < 1.29 is 4.74 Å². The largest absolute Gasteiger partial charge is 0.372 e. The van der Waals surface area contributed by atoms with Crippen LogP contribution in [0.15, 0.2) is 11.4 Å². The molecule has 2 atom stereocenters. The van der Waals surface area contributed by atoms with Gasteiger partial charge in [-0.1, -0.05) is 0 Å². The van der Waals surface area contributed by atoms with Crippen molar-refractivity contribution >= 4 is 11.3 Å². The third-order valence-corrected chi connectivity index (χ3v) is 3.76. The van der Waals surface area contributed by atoms with Crippen molar-refractivity contribution in [2.45, 2.75) is 19.4 Å². The quantitative estimate of drug-likeness (QED) is 0.788. The molecule has 0 spiro atoms. The average molecular weight is 197 g/mol. The molecular weight excluding hydrogens is 182 g/mol. The van der Waals surface area contributed by atoms with E-state index in [-0.39, 0.29) is 6.10 Å². The molecule has 1 fully saturated rings. The van der Waals surface area contributed by atoms with E-state index in [4.69, 9.17) is 10.5 Å². The molecule has 0 amide bonds. The minimum atomic E-state index is 0.269. The lowest BCUT2D eigenvalue weighted by Crippen LogP contribution is -2.17. The van der Waals surface area contributed by atoms with Crippen LogP contribution in [0.3, 0.4) is 0 Å². The van der Waals surface area contributed by atoms with Gasteiger partial charge in [-0.25, -0.2) is 0 Å². The predicted octanol–water partition coefficient (Wildman–Crippen LogP) is 2.09. The highest BCUT2D eigenvalue weighted by Crippen LogP contribution is 2.37. The third kappa shape index (κ3) is 1.64. The number of thiophene rings is 1. The van der Waals surface area contributed by atoms with Gasteiger partial charge in [0.2, 0.25) is 0 Å². The van der Waals surface area contributed by atoms with E-state index in [1.54, 1.807) is 11.3 Å². The molecule has 1 saturated heterocycles. The molecule has 0 bridgehead atoms. The van der Waals surface area contributed by atoms with Crippen molar-refractivity contribution in [3.63, 3.8) is 0 Å². The Morgan fingerprint density at radius 2 is 2.54 bits per heavy atom. The van der Waals surface area contributed by atoms with Crippen LogP contribution in [0.25, 0.3) is 0 Å². The van der Waals surface area contributed by atoms with Crippen LogP contribution in [-0.2, 0) is 4.74 Å². The Labute approximate surface area is 82.7 Å². The van der Waals surface area contributed by atoms with Gasteiger partial charge in [-0.2, -0.15) is 0 Å². The Morgan fingerprint density at radius 1 is 1.69 bits per heavy atom. The Kier molecular flexibility index (Phi) is 2.67. The standard InChI is InChI=1S/C10H15NOS/c1-7-3-5-13-10(7)9-8(6-11)2-4-12-9/h3,5,8-9H,2,4,6,11H2,1H3. The molecule has 3 heteroatoms. The lowest BCUT2D eigenvalue weighted by atomic mass is 9.99. The van der Waals surface area contributed by atoms with Crippen molar-refractivity contribution in [2.75, 3.05) is 13.2 Å². The summed E-state index contributed by atoms with van der Waals surface area (Å²) in [5.41, 5.74) is 7.05. The molecule has 72 valence electrons. The van der Waals surface area contributed by atoms with Gasteiger partial charge < -0.3 is 10.5 Å². The molecule has 2 heterocycles. The van der Waals surface area contributed by atoms with E-state index in [0.717, 1.165) is 19.6 Å². The summed E-state index contributed by atoms with van der Waals surface area (Å²) in [6.07, 6.45) is 1.38. The zero-order chi connectivity index (χ0) is 9.26. The van der Waals surface area contributed by atoms with Crippen LogP contribution in [0.4, 0.5) is 0 Å². The molecule has 1 aromatic rings. The zero-order valence-electron chi connectivity index (χ0n) is 7.82. The summed E-state index contributed by atoms with van der Waals surface area (Å²) in [7, 11) is 0. The van der Waals surface area contributed by atoms with Gasteiger partial charge in [-0.05, 0) is 36.9 Å². The minimum Gasteiger partial charge on any atom is -0.372 e. The molecule has 1 aliphatic heterocycles. The van der Waals surface area contributed by atoms with E-state index in [1.807, 2.05) is 0 Å². The molecule has 1 aromatic heterocycles. The fourth-order valence-electron chi connectivity index (χ4n) is 1.84.